The highest BCUT2D eigenvalue weighted by molar-refractivity contribution is 6.07. The number of nitrogen functional groups attached to an aromatic ring is 1. The second-order valence-electron chi connectivity index (χ2n) is 4.23. The molecule has 1 heterocycles. The highest BCUT2D eigenvalue weighted by atomic mass is 16.2. The van der Waals surface area contributed by atoms with Gasteiger partial charge in [0, 0.05) is 36.4 Å². The Bertz CT molecular complexity index is 545. The summed E-state index contributed by atoms with van der Waals surface area (Å²) in [7, 11) is 1.82. The molecule has 0 bridgehead atoms. The molecule has 4 heteroatoms. The Morgan fingerprint density at radius 3 is 2.94 bits per heavy atom. The maximum Gasteiger partial charge on any atom is 0.255 e. The van der Waals surface area contributed by atoms with E-state index in [2.05, 4.69) is 11.9 Å². The first kappa shape index (κ1) is 11.5. The molecule has 0 radical (unpaired) electrons. The van der Waals surface area contributed by atoms with E-state index >= 15 is 0 Å². The zero-order valence-corrected chi connectivity index (χ0v) is 10.2. The molecule has 0 saturated heterocycles. The summed E-state index contributed by atoms with van der Waals surface area (Å²) in [5, 5.41) is 0.887. The van der Waals surface area contributed by atoms with E-state index in [4.69, 9.17) is 5.73 Å². The highest BCUT2D eigenvalue weighted by Gasteiger charge is 2.15. The van der Waals surface area contributed by atoms with Crippen LogP contribution in [0, 0.1) is 0 Å². The van der Waals surface area contributed by atoms with Gasteiger partial charge in [0.2, 0.25) is 0 Å². The first-order chi connectivity index (χ1) is 8.13. The van der Waals surface area contributed by atoms with Gasteiger partial charge in [0.05, 0.1) is 5.56 Å². The summed E-state index contributed by atoms with van der Waals surface area (Å²) < 4.78 is 0. The number of carbonyl (C=O) groups excluding carboxylic acids is 1. The number of aromatic amines is 1. The van der Waals surface area contributed by atoms with Gasteiger partial charge >= 0.3 is 0 Å². The van der Waals surface area contributed by atoms with Gasteiger partial charge in [0.15, 0.2) is 0 Å². The van der Waals surface area contributed by atoms with Crippen LogP contribution in [-0.2, 0) is 0 Å². The second-order valence-corrected chi connectivity index (χ2v) is 4.23. The smallest absolute Gasteiger partial charge is 0.255 e. The molecule has 1 aromatic carbocycles. The Labute approximate surface area is 100 Å². The quantitative estimate of drug-likeness (QED) is 0.796. The summed E-state index contributed by atoms with van der Waals surface area (Å²) in [5.74, 6) is 0.0312. The van der Waals surface area contributed by atoms with E-state index in [1.807, 2.05) is 25.2 Å². The van der Waals surface area contributed by atoms with Gasteiger partial charge < -0.3 is 15.6 Å². The number of hydrogen-bond acceptors (Lipinski definition) is 2. The fourth-order valence-electron chi connectivity index (χ4n) is 1.96. The first-order valence-corrected chi connectivity index (χ1v) is 5.75. The zero-order chi connectivity index (χ0) is 12.4. The van der Waals surface area contributed by atoms with Crippen LogP contribution in [0.3, 0.4) is 0 Å². The van der Waals surface area contributed by atoms with Gasteiger partial charge in [-0.15, -0.1) is 0 Å². The minimum Gasteiger partial charge on any atom is -0.399 e. The van der Waals surface area contributed by atoms with Crippen molar-refractivity contribution >= 4 is 22.5 Å². The number of benzene rings is 1. The molecule has 0 unspecified atom stereocenters. The van der Waals surface area contributed by atoms with Crippen LogP contribution < -0.4 is 5.73 Å². The van der Waals surface area contributed by atoms with Crippen molar-refractivity contribution in [2.75, 3.05) is 19.3 Å². The van der Waals surface area contributed by atoms with E-state index in [1.54, 1.807) is 11.1 Å². The van der Waals surface area contributed by atoms with Crippen LogP contribution in [0.25, 0.3) is 10.9 Å². The van der Waals surface area contributed by atoms with Crippen LogP contribution in [0.5, 0.6) is 0 Å². The SMILES string of the molecule is CCCN(C)C(=O)c1c[nH]c2ccc(N)cc12. The van der Waals surface area contributed by atoms with Crippen molar-refractivity contribution in [3.8, 4) is 0 Å². The van der Waals surface area contributed by atoms with E-state index in [9.17, 15) is 4.79 Å². The van der Waals surface area contributed by atoms with E-state index in [0.717, 1.165) is 23.9 Å². The molecule has 0 aliphatic rings. The van der Waals surface area contributed by atoms with Crippen LogP contribution in [0.1, 0.15) is 23.7 Å². The van der Waals surface area contributed by atoms with Crippen LogP contribution >= 0.6 is 0 Å². The number of carbonyl (C=O) groups is 1. The Kier molecular flexibility index (Phi) is 3.04. The van der Waals surface area contributed by atoms with E-state index in [0.29, 0.717) is 11.3 Å². The molecular weight excluding hydrogens is 214 g/mol. The van der Waals surface area contributed by atoms with E-state index < -0.39 is 0 Å². The van der Waals surface area contributed by atoms with Gasteiger partial charge in [-0.25, -0.2) is 0 Å². The molecule has 1 amide bonds. The molecule has 90 valence electrons. The monoisotopic (exact) mass is 231 g/mol. The van der Waals surface area contributed by atoms with Crippen molar-refractivity contribution < 1.29 is 4.79 Å². The standard InChI is InChI=1S/C13H17N3O/c1-3-6-16(2)13(17)11-8-15-12-5-4-9(14)7-10(11)12/h4-5,7-8,15H,3,6,14H2,1-2H3. The summed E-state index contributed by atoms with van der Waals surface area (Å²) in [4.78, 5) is 17.0. The molecule has 4 nitrogen and oxygen atoms in total. The average molecular weight is 231 g/mol. The van der Waals surface area contributed by atoms with Gasteiger partial charge in [-0.1, -0.05) is 6.92 Å². The van der Waals surface area contributed by atoms with Crippen molar-refractivity contribution in [3.63, 3.8) is 0 Å². The minimum atomic E-state index is 0.0312. The minimum absolute atomic E-state index is 0.0312. The lowest BCUT2D eigenvalue weighted by molar-refractivity contribution is 0.0797. The van der Waals surface area contributed by atoms with Crippen LogP contribution in [0.2, 0.25) is 0 Å². The Hall–Kier alpha value is -1.97. The number of aromatic nitrogens is 1. The van der Waals surface area contributed by atoms with E-state index in [1.165, 1.54) is 0 Å². The number of nitrogens with zero attached hydrogens (tertiary/aromatic N) is 1. The summed E-state index contributed by atoms with van der Waals surface area (Å²) in [6.45, 7) is 2.81. The third kappa shape index (κ3) is 2.11. The molecule has 17 heavy (non-hydrogen) atoms. The molecule has 3 N–H and O–H groups in total. The number of H-pyrrole nitrogens is 1. The fraction of sp³-hybridized carbons (Fsp3) is 0.308. The normalized spacial score (nSPS) is 10.7. The number of fused-ring (bicyclic) bond motifs is 1. The number of amides is 1. The van der Waals surface area contributed by atoms with Crippen LogP contribution in [-0.4, -0.2) is 29.4 Å². The van der Waals surface area contributed by atoms with Crippen molar-refractivity contribution in [2.45, 2.75) is 13.3 Å². The van der Waals surface area contributed by atoms with Gasteiger partial charge in [-0.05, 0) is 24.6 Å². The average Bonchev–Trinajstić information content (AvgIpc) is 2.71. The van der Waals surface area contributed by atoms with Crippen molar-refractivity contribution in [2.24, 2.45) is 0 Å². The molecule has 0 saturated carbocycles. The van der Waals surface area contributed by atoms with Gasteiger partial charge in [0.1, 0.15) is 0 Å². The number of anilines is 1. The zero-order valence-electron chi connectivity index (χ0n) is 10.2. The van der Waals surface area contributed by atoms with Gasteiger partial charge in [0.25, 0.3) is 5.91 Å². The summed E-state index contributed by atoms with van der Waals surface area (Å²) in [6.07, 6.45) is 2.70. The van der Waals surface area contributed by atoms with Crippen LogP contribution in [0.4, 0.5) is 5.69 Å². The predicted octanol–water partition coefficient (Wildman–Crippen LogP) is 2.23. The number of rotatable bonds is 3. The Morgan fingerprint density at radius 2 is 2.24 bits per heavy atom. The Morgan fingerprint density at radius 1 is 1.47 bits per heavy atom. The maximum absolute atomic E-state index is 12.2. The number of hydrogen-bond donors (Lipinski definition) is 2. The molecule has 1 aromatic heterocycles. The predicted molar refractivity (Wildman–Crippen MR) is 70.0 cm³/mol. The largest absolute Gasteiger partial charge is 0.399 e. The van der Waals surface area contributed by atoms with Crippen molar-refractivity contribution in [1.82, 2.24) is 9.88 Å². The van der Waals surface area contributed by atoms with Crippen LogP contribution in [0.15, 0.2) is 24.4 Å². The molecule has 2 aromatic rings. The third-order valence-electron chi connectivity index (χ3n) is 2.84. The van der Waals surface area contributed by atoms with Gasteiger partial charge in [-0.2, -0.15) is 0 Å². The summed E-state index contributed by atoms with van der Waals surface area (Å²) in [6, 6.07) is 5.54. The lowest BCUT2D eigenvalue weighted by atomic mass is 10.1. The first-order valence-electron chi connectivity index (χ1n) is 5.75. The fourth-order valence-corrected chi connectivity index (χ4v) is 1.96. The number of nitrogens with one attached hydrogen (secondary N) is 1. The second kappa shape index (κ2) is 4.49. The molecule has 2 rings (SSSR count). The van der Waals surface area contributed by atoms with Crippen molar-refractivity contribution in [3.05, 3.63) is 30.0 Å². The molecule has 0 fully saturated rings. The molecule has 0 spiro atoms. The Balaban J connectivity index is 2.41. The molecular formula is C13H17N3O. The summed E-state index contributed by atoms with van der Waals surface area (Å²) >= 11 is 0. The lowest BCUT2D eigenvalue weighted by Crippen LogP contribution is -2.27. The lowest BCUT2D eigenvalue weighted by Gasteiger charge is -2.15. The third-order valence-corrected chi connectivity index (χ3v) is 2.84. The van der Waals surface area contributed by atoms with Gasteiger partial charge in [-0.3, -0.25) is 4.79 Å². The summed E-state index contributed by atoms with van der Waals surface area (Å²) in [5.41, 5.74) is 8.04. The molecule has 0 aliphatic carbocycles. The van der Waals surface area contributed by atoms with E-state index in [-0.39, 0.29) is 5.91 Å². The molecule has 0 atom stereocenters. The number of nitrogens with two attached hydrogens (primary N) is 1. The molecule has 0 aliphatic heterocycles. The maximum atomic E-state index is 12.2. The van der Waals surface area contributed by atoms with Crippen molar-refractivity contribution in [1.29, 1.82) is 0 Å². The topological polar surface area (TPSA) is 62.1 Å². The highest BCUT2D eigenvalue weighted by Crippen LogP contribution is 2.21.